The second-order valence-electron chi connectivity index (χ2n) is 3.86. The SMILES string of the molecule is C=C(C)C(=O)OCCOC.C=CC#N.C=Cc1ccccc1. The number of hydrogen-bond acceptors (Lipinski definition) is 4. The maximum absolute atomic E-state index is 10.6. The quantitative estimate of drug-likeness (QED) is 0.359. The van der Waals surface area contributed by atoms with Crippen molar-refractivity contribution in [2.45, 2.75) is 6.92 Å². The van der Waals surface area contributed by atoms with E-state index in [4.69, 9.17) is 5.26 Å². The van der Waals surface area contributed by atoms with Gasteiger partial charge in [0.1, 0.15) is 6.61 Å². The average molecular weight is 301 g/mol. The Kier molecular flexibility index (Phi) is 16.2. The van der Waals surface area contributed by atoms with Crippen LogP contribution in [0.4, 0.5) is 0 Å². The molecular formula is C18H23NO3. The first-order valence-corrected chi connectivity index (χ1v) is 6.53. The zero-order valence-electron chi connectivity index (χ0n) is 13.2. The van der Waals surface area contributed by atoms with Crippen molar-refractivity contribution in [2.24, 2.45) is 0 Å². The van der Waals surface area contributed by atoms with Gasteiger partial charge in [-0.3, -0.25) is 0 Å². The van der Waals surface area contributed by atoms with Gasteiger partial charge in [-0.2, -0.15) is 5.26 Å². The molecule has 0 spiro atoms. The molecule has 0 amide bonds. The minimum atomic E-state index is -0.364. The van der Waals surface area contributed by atoms with Crippen LogP contribution in [0.1, 0.15) is 12.5 Å². The highest BCUT2D eigenvalue weighted by molar-refractivity contribution is 5.86. The number of carbonyl (C=O) groups excluding carboxylic acids is 1. The van der Waals surface area contributed by atoms with E-state index in [1.165, 1.54) is 11.6 Å². The second-order valence-corrected chi connectivity index (χ2v) is 3.86. The summed E-state index contributed by atoms with van der Waals surface area (Å²) in [5, 5.41) is 7.51. The molecule has 4 nitrogen and oxygen atoms in total. The molecule has 0 aliphatic heterocycles. The van der Waals surface area contributed by atoms with Gasteiger partial charge in [-0.05, 0) is 12.5 Å². The lowest BCUT2D eigenvalue weighted by Gasteiger charge is -2.01. The highest BCUT2D eigenvalue weighted by Crippen LogP contribution is 1.97. The molecular weight excluding hydrogens is 278 g/mol. The molecule has 1 aromatic rings. The van der Waals surface area contributed by atoms with Gasteiger partial charge in [-0.1, -0.05) is 56.1 Å². The van der Waals surface area contributed by atoms with Gasteiger partial charge in [-0.25, -0.2) is 4.79 Å². The van der Waals surface area contributed by atoms with E-state index in [1.54, 1.807) is 20.1 Å². The van der Waals surface area contributed by atoms with Gasteiger partial charge in [0.05, 0.1) is 12.7 Å². The van der Waals surface area contributed by atoms with E-state index in [0.717, 1.165) is 0 Å². The molecule has 0 radical (unpaired) electrons. The van der Waals surface area contributed by atoms with Crippen molar-refractivity contribution >= 4 is 12.0 Å². The summed E-state index contributed by atoms with van der Waals surface area (Å²) in [5.41, 5.74) is 1.59. The molecule has 0 atom stereocenters. The van der Waals surface area contributed by atoms with Crippen LogP contribution in [0.25, 0.3) is 6.08 Å². The molecule has 0 aliphatic rings. The summed E-state index contributed by atoms with van der Waals surface area (Å²) in [5.74, 6) is -0.364. The number of methoxy groups -OCH3 is 1. The maximum Gasteiger partial charge on any atom is 0.333 e. The Balaban J connectivity index is 0. The third-order valence-electron chi connectivity index (χ3n) is 2.00. The minimum Gasteiger partial charge on any atom is -0.460 e. The van der Waals surface area contributed by atoms with Gasteiger partial charge in [0, 0.05) is 18.8 Å². The molecule has 0 unspecified atom stereocenters. The molecule has 0 saturated heterocycles. The number of hydrogen-bond donors (Lipinski definition) is 0. The number of allylic oxidation sites excluding steroid dienone is 1. The van der Waals surface area contributed by atoms with Crippen molar-refractivity contribution < 1.29 is 14.3 Å². The average Bonchev–Trinajstić information content (AvgIpc) is 2.56. The predicted octanol–water partition coefficient (Wildman–Crippen LogP) is 3.78. The minimum absolute atomic E-state index is 0.294. The fourth-order valence-electron chi connectivity index (χ4n) is 0.930. The number of esters is 1. The first kappa shape index (κ1) is 21.7. The van der Waals surface area contributed by atoms with Crippen LogP contribution in [0.2, 0.25) is 0 Å². The second kappa shape index (κ2) is 16.4. The van der Waals surface area contributed by atoms with E-state index >= 15 is 0 Å². The van der Waals surface area contributed by atoms with Gasteiger partial charge in [0.15, 0.2) is 0 Å². The van der Waals surface area contributed by atoms with E-state index < -0.39 is 0 Å². The van der Waals surface area contributed by atoms with Crippen LogP contribution < -0.4 is 0 Å². The summed E-state index contributed by atoms with van der Waals surface area (Å²) in [6.45, 7) is 12.5. The standard InChI is InChI=1S/C8H8.C7H12O3.C3H3N/c1-2-8-6-4-3-5-7-8;1-6(2)7(8)10-5-4-9-3;1-2-3-4/h2-7H,1H2;1,4-5H2,2-3H3;2H,1H2. The molecule has 0 fully saturated rings. The molecule has 0 bridgehead atoms. The lowest BCUT2D eigenvalue weighted by molar-refractivity contribution is -0.140. The number of carbonyl (C=O) groups is 1. The summed E-state index contributed by atoms with van der Waals surface area (Å²) in [4.78, 5) is 10.6. The third-order valence-corrected chi connectivity index (χ3v) is 2.00. The van der Waals surface area contributed by atoms with E-state index in [-0.39, 0.29) is 5.97 Å². The van der Waals surface area contributed by atoms with Gasteiger partial charge < -0.3 is 9.47 Å². The third kappa shape index (κ3) is 15.4. The molecule has 0 aromatic heterocycles. The number of nitrogens with zero attached hydrogens (tertiary/aromatic N) is 1. The van der Waals surface area contributed by atoms with Crippen LogP contribution in [-0.4, -0.2) is 26.3 Å². The smallest absolute Gasteiger partial charge is 0.333 e. The topological polar surface area (TPSA) is 59.3 Å². The first-order valence-electron chi connectivity index (χ1n) is 6.53. The molecule has 0 aliphatic carbocycles. The molecule has 22 heavy (non-hydrogen) atoms. The zero-order chi connectivity index (χ0) is 17.2. The highest BCUT2D eigenvalue weighted by atomic mass is 16.6. The molecule has 1 aromatic carbocycles. The number of benzene rings is 1. The van der Waals surface area contributed by atoms with Crippen LogP contribution >= 0.6 is 0 Å². The summed E-state index contributed by atoms with van der Waals surface area (Å²) in [6, 6.07) is 11.7. The van der Waals surface area contributed by atoms with Crippen molar-refractivity contribution in [3.8, 4) is 6.07 Å². The van der Waals surface area contributed by atoms with Crippen molar-refractivity contribution in [1.29, 1.82) is 5.26 Å². The van der Waals surface area contributed by atoms with Crippen molar-refractivity contribution in [3.63, 3.8) is 0 Å². The van der Waals surface area contributed by atoms with Crippen LogP contribution in [0, 0.1) is 11.3 Å². The fraction of sp³-hybridized carbons (Fsp3) is 0.222. The Hall–Kier alpha value is -2.64. The van der Waals surface area contributed by atoms with Crippen LogP contribution in [0.5, 0.6) is 0 Å². The Morgan fingerprint density at radius 2 is 1.82 bits per heavy atom. The monoisotopic (exact) mass is 301 g/mol. The van der Waals surface area contributed by atoms with Gasteiger partial charge in [-0.15, -0.1) is 0 Å². The Labute approximate surface area is 133 Å². The van der Waals surface area contributed by atoms with E-state index in [2.05, 4.69) is 29.2 Å². The maximum atomic E-state index is 10.6. The van der Waals surface area contributed by atoms with Crippen LogP contribution in [0.3, 0.4) is 0 Å². The van der Waals surface area contributed by atoms with Crippen molar-refractivity contribution in [1.82, 2.24) is 0 Å². The Morgan fingerprint density at radius 3 is 2.14 bits per heavy atom. The molecule has 0 saturated carbocycles. The van der Waals surface area contributed by atoms with E-state index in [9.17, 15) is 4.79 Å². The fourth-order valence-corrected chi connectivity index (χ4v) is 0.930. The largest absolute Gasteiger partial charge is 0.460 e. The zero-order valence-corrected chi connectivity index (χ0v) is 13.2. The number of rotatable bonds is 5. The normalized spacial score (nSPS) is 7.86. The molecule has 4 heteroatoms. The number of nitriles is 1. The lowest BCUT2D eigenvalue weighted by atomic mass is 10.2. The summed E-state index contributed by atoms with van der Waals surface area (Å²) in [7, 11) is 1.55. The molecule has 0 heterocycles. The Bertz CT molecular complexity index is 487. The predicted molar refractivity (Wildman–Crippen MR) is 90.0 cm³/mol. The summed E-state index contributed by atoms with van der Waals surface area (Å²) < 4.78 is 9.35. The van der Waals surface area contributed by atoms with E-state index in [0.29, 0.717) is 18.8 Å². The molecule has 0 N–H and O–H groups in total. The first-order chi connectivity index (χ1) is 10.5. The van der Waals surface area contributed by atoms with Crippen molar-refractivity contribution in [2.75, 3.05) is 20.3 Å². The van der Waals surface area contributed by atoms with Crippen molar-refractivity contribution in [3.05, 3.63) is 67.3 Å². The highest BCUT2D eigenvalue weighted by Gasteiger charge is 2.00. The lowest BCUT2D eigenvalue weighted by Crippen LogP contribution is -2.09. The van der Waals surface area contributed by atoms with Gasteiger partial charge in [0.2, 0.25) is 0 Å². The van der Waals surface area contributed by atoms with Gasteiger partial charge in [0.25, 0.3) is 0 Å². The summed E-state index contributed by atoms with van der Waals surface area (Å²) >= 11 is 0. The Morgan fingerprint density at radius 1 is 1.27 bits per heavy atom. The van der Waals surface area contributed by atoms with Gasteiger partial charge >= 0.3 is 5.97 Å². The van der Waals surface area contributed by atoms with Crippen LogP contribution in [-0.2, 0) is 14.3 Å². The van der Waals surface area contributed by atoms with Crippen LogP contribution in [0.15, 0.2) is 61.7 Å². The molecule has 1 rings (SSSR count). The summed E-state index contributed by atoms with van der Waals surface area (Å²) in [6.07, 6.45) is 3.01. The molecule has 118 valence electrons. The number of ether oxygens (including phenoxy) is 2. The van der Waals surface area contributed by atoms with E-state index in [1.807, 2.05) is 36.4 Å².